The molecule has 1 aromatic heterocycles. The van der Waals surface area contributed by atoms with Crippen LogP contribution in [0.3, 0.4) is 0 Å². The van der Waals surface area contributed by atoms with Crippen molar-refractivity contribution in [2.45, 2.75) is 20.4 Å². The number of anilines is 1. The smallest absolute Gasteiger partial charge is 0.136 e. The first-order valence-corrected chi connectivity index (χ1v) is 6.54. The monoisotopic (exact) mass is 271 g/mol. The molecule has 1 aromatic carbocycles. The highest BCUT2D eigenvalue weighted by molar-refractivity contribution is 7.80. The number of benzene rings is 1. The molecular formula is C15H17N3S. The first kappa shape index (κ1) is 13.5. The molecule has 1 heterocycles. The van der Waals surface area contributed by atoms with E-state index in [-0.39, 0.29) is 0 Å². The molecule has 0 fully saturated rings. The van der Waals surface area contributed by atoms with E-state index < -0.39 is 0 Å². The standard InChI is InChI=1S/C15H17N3S/c1-10-5-3-4-6-12(10)9-18-15-13(14(16)19)11(2)7-8-17-15/h3-8H,9H2,1-2H3,(H2,16,19)(H,17,18). The van der Waals surface area contributed by atoms with E-state index in [0.717, 1.165) is 16.9 Å². The number of pyridine rings is 1. The van der Waals surface area contributed by atoms with Gasteiger partial charge in [-0.3, -0.25) is 0 Å². The highest BCUT2D eigenvalue weighted by atomic mass is 32.1. The van der Waals surface area contributed by atoms with Crippen molar-refractivity contribution in [3.05, 3.63) is 58.8 Å². The number of hydrogen-bond acceptors (Lipinski definition) is 3. The summed E-state index contributed by atoms with van der Waals surface area (Å²) in [5.41, 5.74) is 10.1. The second-order valence-corrected chi connectivity index (χ2v) is 4.94. The van der Waals surface area contributed by atoms with Gasteiger partial charge in [-0.05, 0) is 36.6 Å². The van der Waals surface area contributed by atoms with Crippen molar-refractivity contribution in [2.24, 2.45) is 5.73 Å². The van der Waals surface area contributed by atoms with Crippen LogP contribution >= 0.6 is 12.2 Å². The van der Waals surface area contributed by atoms with Crippen molar-refractivity contribution in [1.29, 1.82) is 0 Å². The summed E-state index contributed by atoms with van der Waals surface area (Å²) in [7, 11) is 0. The van der Waals surface area contributed by atoms with Crippen LogP contribution in [-0.2, 0) is 6.54 Å². The molecule has 2 aromatic rings. The summed E-state index contributed by atoms with van der Waals surface area (Å²) in [5, 5.41) is 3.31. The van der Waals surface area contributed by atoms with E-state index in [1.54, 1.807) is 6.20 Å². The highest BCUT2D eigenvalue weighted by Crippen LogP contribution is 2.18. The van der Waals surface area contributed by atoms with Gasteiger partial charge < -0.3 is 11.1 Å². The molecule has 0 radical (unpaired) electrons. The Morgan fingerprint density at radius 1 is 1.21 bits per heavy atom. The molecule has 4 heteroatoms. The van der Waals surface area contributed by atoms with Crippen LogP contribution in [0.1, 0.15) is 22.3 Å². The molecule has 0 saturated heterocycles. The highest BCUT2D eigenvalue weighted by Gasteiger charge is 2.09. The summed E-state index contributed by atoms with van der Waals surface area (Å²) >= 11 is 5.09. The van der Waals surface area contributed by atoms with Gasteiger partial charge in [0.2, 0.25) is 0 Å². The van der Waals surface area contributed by atoms with Crippen molar-refractivity contribution >= 4 is 23.0 Å². The van der Waals surface area contributed by atoms with Crippen molar-refractivity contribution in [2.75, 3.05) is 5.32 Å². The molecule has 0 unspecified atom stereocenters. The van der Waals surface area contributed by atoms with Gasteiger partial charge in [0.1, 0.15) is 10.8 Å². The van der Waals surface area contributed by atoms with Gasteiger partial charge in [-0.1, -0.05) is 36.5 Å². The predicted octanol–water partition coefficient (Wildman–Crippen LogP) is 2.94. The Kier molecular flexibility index (Phi) is 4.12. The number of aryl methyl sites for hydroxylation is 2. The van der Waals surface area contributed by atoms with Crippen LogP contribution in [0, 0.1) is 13.8 Å². The minimum absolute atomic E-state index is 0.373. The Labute approximate surface area is 118 Å². The number of aromatic nitrogens is 1. The Morgan fingerprint density at radius 3 is 2.63 bits per heavy atom. The molecule has 0 amide bonds. The number of nitrogens with one attached hydrogen (secondary N) is 1. The van der Waals surface area contributed by atoms with Gasteiger partial charge in [-0.25, -0.2) is 4.98 Å². The molecule has 19 heavy (non-hydrogen) atoms. The molecule has 3 N–H and O–H groups in total. The van der Waals surface area contributed by atoms with Gasteiger partial charge in [0, 0.05) is 12.7 Å². The van der Waals surface area contributed by atoms with E-state index in [1.165, 1.54) is 11.1 Å². The third kappa shape index (κ3) is 3.09. The Balaban J connectivity index is 2.23. The number of hydrogen-bond donors (Lipinski definition) is 2. The molecule has 3 nitrogen and oxygen atoms in total. The van der Waals surface area contributed by atoms with Gasteiger partial charge in [0.05, 0.1) is 5.56 Å². The molecule has 98 valence electrons. The molecule has 0 atom stereocenters. The van der Waals surface area contributed by atoms with Gasteiger partial charge >= 0.3 is 0 Å². The molecule has 0 aliphatic heterocycles. The predicted molar refractivity (Wildman–Crippen MR) is 83.4 cm³/mol. The molecular weight excluding hydrogens is 254 g/mol. The lowest BCUT2D eigenvalue weighted by molar-refractivity contribution is 1.08. The van der Waals surface area contributed by atoms with Crippen LogP contribution in [-0.4, -0.2) is 9.97 Å². The summed E-state index contributed by atoms with van der Waals surface area (Å²) in [6.45, 7) is 4.78. The Hall–Kier alpha value is -1.94. The number of thiocarbonyl (C=S) groups is 1. The first-order chi connectivity index (χ1) is 9.09. The zero-order valence-corrected chi connectivity index (χ0v) is 11.9. The fourth-order valence-corrected chi connectivity index (χ4v) is 2.25. The third-order valence-corrected chi connectivity index (χ3v) is 3.32. The third-order valence-electron chi connectivity index (χ3n) is 3.11. The fraction of sp³-hybridized carbons (Fsp3) is 0.200. The summed E-state index contributed by atoms with van der Waals surface area (Å²) in [4.78, 5) is 4.70. The largest absolute Gasteiger partial charge is 0.389 e. The lowest BCUT2D eigenvalue weighted by atomic mass is 10.1. The quantitative estimate of drug-likeness (QED) is 0.839. The Bertz CT molecular complexity index is 608. The Morgan fingerprint density at radius 2 is 1.95 bits per heavy atom. The van der Waals surface area contributed by atoms with E-state index in [1.807, 2.05) is 25.1 Å². The first-order valence-electron chi connectivity index (χ1n) is 6.13. The van der Waals surface area contributed by atoms with E-state index in [0.29, 0.717) is 11.5 Å². The van der Waals surface area contributed by atoms with Crippen LogP contribution in [0.15, 0.2) is 36.5 Å². The normalized spacial score (nSPS) is 10.2. The maximum Gasteiger partial charge on any atom is 0.136 e. The van der Waals surface area contributed by atoms with Crippen LogP contribution in [0.5, 0.6) is 0 Å². The zero-order chi connectivity index (χ0) is 13.8. The molecule has 2 rings (SSSR count). The summed E-state index contributed by atoms with van der Waals surface area (Å²) in [6, 6.07) is 10.2. The van der Waals surface area contributed by atoms with Crippen LogP contribution < -0.4 is 11.1 Å². The minimum Gasteiger partial charge on any atom is -0.389 e. The summed E-state index contributed by atoms with van der Waals surface area (Å²) in [6.07, 6.45) is 1.76. The molecule has 0 aliphatic carbocycles. The SMILES string of the molecule is Cc1ccccc1CNc1nccc(C)c1C(N)=S. The van der Waals surface area contributed by atoms with Gasteiger partial charge in [0.15, 0.2) is 0 Å². The van der Waals surface area contributed by atoms with Crippen molar-refractivity contribution in [1.82, 2.24) is 4.98 Å². The fourth-order valence-electron chi connectivity index (χ4n) is 1.99. The zero-order valence-electron chi connectivity index (χ0n) is 11.1. The van der Waals surface area contributed by atoms with E-state index in [4.69, 9.17) is 18.0 Å². The number of nitrogens with zero attached hydrogens (tertiary/aromatic N) is 1. The second-order valence-electron chi connectivity index (χ2n) is 4.50. The molecule has 0 aliphatic rings. The van der Waals surface area contributed by atoms with Crippen molar-refractivity contribution in [3.8, 4) is 0 Å². The average Bonchev–Trinajstić information content (AvgIpc) is 2.37. The summed E-state index contributed by atoms with van der Waals surface area (Å²) < 4.78 is 0. The van der Waals surface area contributed by atoms with Crippen LogP contribution in [0.4, 0.5) is 5.82 Å². The number of nitrogens with two attached hydrogens (primary N) is 1. The number of rotatable bonds is 4. The van der Waals surface area contributed by atoms with Crippen LogP contribution in [0.25, 0.3) is 0 Å². The molecule has 0 spiro atoms. The topological polar surface area (TPSA) is 50.9 Å². The van der Waals surface area contributed by atoms with E-state index in [2.05, 4.69) is 29.4 Å². The summed E-state index contributed by atoms with van der Waals surface area (Å²) in [5.74, 6) is 0.746. The minimum atomic E-state index is 0.373. The maximum absolute atomic E-state index is 5.77. The van der Waals surface area contributed by atoms with Crippen molar-refractivity contribution < 1.29 is 0 Å². The maximum atomic E-state index is 5.77. The van der Waals surface area contributed by atoms with Gasteiger partial charge in [-0.15, -0.1) is 0 Å². The van der Waals surface area contributed by atoms with Crippen molar-refractivity contribution in [3.63, 3.8) is 0 Å². The average molecular weight is 271 g/mol. The van der Waals surface area contributed by atoms with Crippen LogP contribution in [0.2, 0.25) is 0 Å². The second kappa shape index (κ2) is 5.80. The lowest BCUT2D eigenvalue weighted by Gasteiger charge is -2.13. The lowest BCUT2D eigenvalue weighted by Crippen LogP contribution is -2.16. The molecule has 0 saturated carbocycles. The van der Waals surface area contributed by atoms with Gasteiger partial charge in [0.25, 0.3) is 0 Å². The van der Waals surface area contributed by atoms with E-state index in [9.17, 15) is 0 Å². The van der Waals surface area contributed by atoms with Gasteiger partial charge in [-0.2, -0.15) is 0 Å². The molecule has 0 bridgehead atoms. The van der Waals surface area contributed by atoms with E-state index >= 15 is 0 Å².